The van der Waals surface area contributed by atoms with E-state index in [1.165, 1.54) is 48.5 Å². The normalized spacial score (nSPS) is 17.3. The Bertz CT molecular complexity index is 883. The maximum absolute atomic E-state index is 12.9. The van der Waals surface area contributed by atoms with Gasteiger partial charge in [0.2, 0.25) is 0 Å². The number of hydrogen-bond donors (Lipinski definition) is 2. The minimum Gasteiger partial charge on any atom is -0.334 e. The summed E-state index contributed by atoms with van der Waals surface area (Å²) in [6.45, 7) is 1.08. The van der Waals surface area contributed by atoms with E-state index in [0.29, 0.717) is 18.7 Å². The molecule has 2 aromatic rings. The van der Waals surface area contributed by atoms with Crippen LogP contribution >= 0.6 is 0 Å². The van der Waals surface area contributed by atoms with Crippen LogP contribution in [0.2, 0.25) is 0 Å². The molecule has 2 aromatic carbocycles. The van der Waals surface area contributed by atoms with E-state index in [-0.39, 0.29) is 22.5 Å². The van der Waals surface area contributed by atoms with E-state index < -0.39 is 15.8 Å². The van der Waals surface area contributed by atoms with Gasteiger partial charge in [-0.1, -0.05) is 0 Å². The van der Waals surface area contributed by atoms with Crippen LogP contribution < -0.4 is 10.5 Å². The van der Waals surface area contributed by atoms with Crippen molar-refractivity contribution in [3.8, 4) is 0 Å². The van der Waals surface area contributed by atoms with Crippen molar-refractivity contribution in [1.82, 2.24) is 4.90 Å². The molecule has 1 aliphatic heterocycles. The number of nitrogens with two attached hydrogens (primary N) is 1. The highest BCUT2D eigenvalue weighted by molar-refractivity contribution is 7.92. The zero-order valence-corrected chi connectivity index (χ0v) is 14.9. The number of halogens is 1. The Morgan fingerprint density at radius 3 is 2.42 bits per heavy atom. The van der Waals surface area contributed by atoms with Gasteiger partial charge in [-0.05, 0) is 61.4 Å². The van der Waals surface area contributed by atoms with Crippen LogP contribution in [0.25, 0.3) is 0 Å². The van der Waals surface area contributed by atoms with Crippen molar-refractivity contribution >= 4 is 21.6 Å². The highest BCUT2D eigenvalue weighted by Crippen LogP contribution is 2.21. The molecule has 0 saturated carbocycles. The summed E-state index contributed by atoms with van der Waals surface area (Å²) in [4.78, 5) is 14.3. The van der Waals surface area contributed by atoms with E-state index in [9.17, 15) is 17.6 Å². The van der Waals surface area contributed by atoms with Gasteiger partial charge in [-0.3, -0.25) is 9.52 Å². The molecule has 8 heteroatoms. The molecule has 1 amide bonds. The summed E-state index contributed by atoms with van der Waals surface area (Å²) < 4.78 is 40.1. The third-order valence-corrected chi connectivity index (χ3v) is 5.82. The highest BCUT2D eigenvalue weighted by atomic mass is 32.2. The van der Waals surface area contributed by atoms with Crippen LogP contribution in [0.15, 0.2) is 53.4 Å². The fourth-order valence-corrected chi connectivity index (χ4v) is 4.08. The lowest BCUT2D eigenvalue weighted by Crippen LogP contribution is -2.39. The first-order valence-corrected chi connectivity index (χ1v) is 9.78. The molecule has 138 valence electrons. The van der Waals surface area contributed by atoms with Gasteiger partial charge in [-0.25, -0.2) is 12.8 Å². The number of anilines is 1. The second kappa shape index (κ2) is 7.43. The van der Waals surface area contributed by atoms with Crippen molar-refractivity contribution in [1.29, 1.82) is 0 Å². The van der Waals surface area contributed by atoms with Gasteiger partial charge in [-0.15, -0.1) is 0 Å². The lowest BCUT2D eigenvalue weighted by atomic mass is 10.1. The fraction of sp³-hybridized carbons (Fsp3) is 0.278. The van der Waals surface area contributed by atoms with E-state index >= 15 is 0 Å². The van der Waals surface area contributed by atoms with Gasteiger partial charge >= 0.3 is 0 Å². The van der Waals surface area contributed by atoms with Gasteiger partial charge in [0.1, 0.15) is 5.82 Å². The predicted octanol–water partition coefficient (Wildman–Crippen LogP) is 2.19. The third kappa shape index (κ3) is 3.86. The molecule has 26 heavy (non-hydrogen) atoms. The number of sulfonamides is 1. The molecule has 3 rings (SSSR count). The zero-order valence-electron chi connectivity index (χ0n) is 14.1. The lowest BCUT2D eigenvalue weighted by Gasteiger charge is -2.23. The van der Waals surface area contributed by atoms with Crippen LogP contribution in [0.5, 0.6) is 0 Å². The summed E-state index contributed by atoms with van der Waals surface area (Å²) in [5.74, 6) is -0.595. The largest absolute Gasteiger partial charge is 0.334 e. The van der Waals surface area contributed by atoms with E-state index in [2.05, 4.69) is 4.72 Å². The van der Waals surface area contributed by atoms with E-state index in [0.717, 1.165) is 12.8 Å². The van der Waals surface area contributed by atoms with E-state index in [1.54, 1.807) is 4.90 Å². The average molecular weight is 377 g/mol. The minimum absolute atomic E-state index is 0.0233. The Hall–Kier alpha value is -2.45. The summed E-state index contributed by atoms with van der Waals surface area (Å²) in [7, 11) is -3.82. The molecular formula is C18H20FN3O3S. The molecule has 1 fully saturated rings. The molecule has 1 saturated heterocycles. The van der Waals surface area contributed by atoms with Gasteiger partial charge in [0.05, 0.1) is 4.90 Å². The molecule has 1 heterocycles. The minimum atomic E-state index is -3.82. The topological polar surface area (TPSA) is 92.5 Å². The highest BCUT2D eigenvalue weighted by Gasteiger charge is 2.28. The lowest BCUT2D eigenvalue weighted by molar-refractivity contribution is 0.0741. The van der Waals surface area contributed by atoms with Crippen LogP contribution in [0.3, 0.4) is 0 Å². The Labute approximate surface area is 151 Å². The Balaban J connectivity index is 1.76. The SMILES string of the molecule is NCC1CCCN1C(=O)c1ccc(S(=O)(=O)Nc2ccc(F)cc2)cc1. The number of rotatable bonds is 5. The molecule has 1 unspecified atom stereocenters. The summed E-state index contributed by atoms with van der Waals surface area (Å²) in [6.07, 6.45) is 1.80. The summed E-state index contributed by atoms with van der Waals surface area (Å²) in [6, 6.07) is 10.8. The smallest absolute Gasteiger partial charge is 0.261 e. The number of amides is 1. The number of nitrogens with zero attached hydrogens (tertiary/aromatic N) is 1. The van der Waals surface area contributed by atoms with Gasteiger partial charge in [-0.2, -0.15) is 0 Å². The molecule has 0 bridgehead atoms. The molecule has 0 aliphatic carbocycles. The average Bonchev–Trinajstić information content (AvgIpc) is 3.12. The summed E-state index contributed by atoms with van der Waals surface area (Å²) in [5.41, 5.74) is 6.38. The first-order valence-electron chi connectivity index (χ1n) is 8.30. The molecule has 0 aromatic heterocycles. The van der Waals surface area contributed by atoms with Crippen molar-refractivity contribution in [2.75, 3.05) is 17.8 Å². The Morgan fingerprint density at radius 2 is 1.81 bits per heavy atom. The second-order valence-corrected chi connectivity index (χ2v) is 7.85. The summed E-state index contributed by atoms with van der Waals surface area (Å²) in [5, 5.41) is 0. The second-order valence-electron chi connectivity index (χ2n) is 6.17. The number of hydrogen-bond acceptors (Lipinski definition) is 4. The van der Waals surface area contributed by atoms with Crippen molar-refractivity contribution in [3.05, 3.63) is 59.9 Å². The van der Waals surface area contributed by atoms with Crippen molar-refractivity contribution in [2.24, 2.45) is 5.73 Å². The van der Waals surface area contributed by atoms with Crippen LogP contribution in [-0.2, 0) is 10.0 Å². The van der Waals surface area contributed by atoms with E-state index in [1.807, 2.05) is 0 Å². The standard InChI is InChI=1S/C18H20FN3O3S/c19-14-5-7-15(8-6-14)21-26(24,25)17-9-3-13(4-10-17)18(23)22-11-1-2-16(22)12-20/h3-10,16,21H,1-2,11-12,20H2. The first kappa shape index (κ1) is 18.3. The molecular weight excluding hydrogens is 357 g/mol. The number of benzene rings is 2. The monoisotopic (exact) mass is 377 g/mol. The number of carbonyl (C=O) groups is 1. The third-order valence-electron chi connectivity index (χ3n) is 4.42. The quantitative estimate of drug-likeness (QED) is 0.835. The molecule has 3 N–H and O–H groups in total. The van der Waals surface area contributed by atoms with Crippen LogP contribution in [0.1, 0.15) is 23.2 Å². The predicted molar refractivity (Wildman–Crippen MR) is 96.8 cm³/mol. The van der Waals surface area contributed by atoms with Gasteiger partial charge in [0.25, 0.3) is 15.9 Å². The van der Waals surface area contributed by atoms with Crippen LogP contribution in [-0.4, -0.2) is 38.4 Å². The van der Waals surface area contributed by atoms with Crippen LogP contribution in [0, 0.1) is 5.82 Å². The Morgan fingerprint density at radius 1 is 1.15 bits per heavy atom. The maximum Gasteiger partial charge on any atom is 0.261 e. The fourth-order valence-electron chi connectivity index (χ4n) is 3.02. The maximum atomic E-state index is 12.9. The Kier molecular flexibility index (Phi) is 5.24. The number of likely N-dealkylation sites (tertiary alicyclic amines) is 1. The van der Waals surface area contributed by atoms with E-state index in [4.69, 9.17) is 5.73 Å². The van der Waals surface area contributed by atoms with Gasteiger partial charge in [0.15, 0.2) is 0 Å². The molecule has 0 radical (unpaired) electrons. The van der Waals surface area contributed by atoms with Crippen molar-refractivity contribution in [3.63, 3.8) is 0 Å². The van der Waals surface area contributed by atoms with Crippen LogP contribution in [0.4, 0.5) is 10.1 Å². The first-order chi connectivity index (χ1) is 12.4. The number of nitrogens with one attached hydrogen (secondary N) is 1. The van der Waals surface area contributed by atoms with Gasteiger partial charge in [0, 0.05) is 30.4 Å². The molecule has 1 atom stereocenters. The zero-order chi connectivity index (χ0) is 18.7. The molecule has 0 spiro atoms. The van der Waals surface area contributed by atoms with Crippen molar-refractivity contribution < 1.29 is 17.6 Å². The molecule has 6 nitrogen and oxygen atoms in total. The van der Waals surface area contributed by atoms with Crippen molar-refractivity contribution in [2.45, 2.75) is 23.8 Å². The molecule has 1 aliphatic rings. The summed E-state index contributed by atoms with van der Waals surface area (Å²) >= 11 is 0. The van der Waals surface area contributed by atoms with Gasteiger partial charge < -0.3 is 10.6 Å². The number of carbonyl (C=O) groups excluding carboxylic acids is 1.